The van der Waals surface area contributed by atoms with Gasteiger partial charge in [0.05, 0.1) is 30.2 Å². The fourth-order valence-electron chi connectivity index (χ4n) is 4.53. The molecule has 2 aliphatic heterocycles. The van der Waals surface area contributed by atoms with Gasteiger partial charge < -0.3 is 14.2 Å². The number of rotatable bonds is 1. The van der Waals surface area contributed by atoms with Gasteiger partial charge in [0.2, 0.25) is 0 Å². The molecule has 0 radical (unpaired) electrons. The number of amides is 1. The number of aryl methyl sites for hydroxylation is 1. The van der Waals surface area contributed by atoms with Gasteiger partial charge in [-0.3, -0.25) is 4.90 Å². The summed E-state index contributed by atoms with van der Waals surface area (Å²) in [5.41, 5.74) is 0.246. The van der Waals surface area contributed by atoms with Crippen LogP contribution in [0, 0.1) is 12.7 Å². The third kappa shape index (κ3) is 3.96. The van der Waals surface area contributed by atoms with Crippen molar-refractivity contribution in [2.75, 3.05) is 13.7 Å². The molecule has 1 amide bonds. The minimum atomic E-state index is -0.928. The Balaban J connectivity index is 1.74. The number of ether oxygens (including phenoxy) is 3. The lowest BCUT2D eigenvalue weighted by Crippen LogP contribution is -2.46. The maximum absolute atomic E-state index is 14.0. The van der Waals surface area contributed by atoms with Crippen LogP contribution in [-0.4, -0.2) is 52.8 Å². The van der Waals surface area contributed by atoms with E-state index in [1.807, 2.05) is 0 Å². The number of fused-ring (bicyclic) bond motifs is 3. The van der Waals surface area contributed by atoms with Crippen LogP contribution in [0.1, 0.15) is 50.2 Å². The first kappa shape index (κ1) is 22.6. The van der Waals surface area contributed by atoms with Gasteiger partial charge in [-0.25, -0.2) is 19.0 Å². The zero-order chi connectivity index (χ0) is 23.4. The monoisotopic (exact) mass is 464 g/mol. The van der Waals surface area contributed by atoms with E-state index >= 15 is 0 Å². The third-order valence-corrected chi connectivity index (χ3v) is 6.17. The number of carbonyl (C=O) groups is 2. The number of likely N-dealkylation sites (tertiary alicyclic amines) is 1. The molecule has 0 bridgehead atoms. The Labute approximate surface area is 190 Å². The van der Waals surface area contributed by atoms with Crippen LogP contribution in [0.5, 0.6) is 5.75 Å². The molecule has 3 atom stereocenters. The van der Waals surface area contributed by atoms with Crippen molar-refractivity contribution in [3.05, 3.63) is 35.3 Å². The number of pyridine rings is 1. The minimum Gasteiger partial charge on any atom is -0.483 e. The smallest absolute Gasteiger partial charge is 0.411 e. The summed E-state index contributed by atoms with van der Waals surface area (Å²) in [5, 5.41) is 0.0635. The summed E-state index contributed by atoms with van der Waals surface area (Å²) < 4.78 is 30.8. The summed E-state index contributed by atoms with van der Waals surface area (Å²) in [7, 11) is 1.27. The molecule has 2 aromatic rings. The van der Waals surface area contributed by atoms with Crippen LogP contribution in [0.25, 0.3) is 10.9 Å². The highest BCUT2D eigenvalue weighted by molar-refractivity contribution is 6.22. The number of carbonyl (C=O) groups excluding carboxylic acids is 2. The van der Waals surface area contributed by atoms with Gasteiger partial charge in [0.1, 0.15) is 28.8 Å². The first-order chi connectivity index (χ1) is 14.9. The van der Waals surface area contributed by atoms with Crippen molar-refractivity contribution in [1.29, 1.82) is 0 Å². The highest BCUT2D eigenvalue weighted by atomic mass is 35.5. The molecule has 1 spiro atoms. The molecule has 4 rings (SSSR count). The van der Waals surface area contributed by atoms with Crippen LogP contribution < -0.4 is 4.74 Å². The van der Waals surface area contributed by atoms with Crippen LogP contribution in [0.3, 0.4) is 0 Å². The molecule has 0 N–H and O–H groups in total. The van der Waals surface area contributed by atoms with Gasteiger partial charge in [-0.1, -0.05) is 0 Å². The number of aromatic nitrogens is 1. The normalized spacial score (nSPS) is 24.9. The summed E-state index contributed by atoms with van der Waals surface area (Å²) >= 11 is 6.83. The molecule has 7 nitrogen and oxygen atoms in total. The zero-order valence-corrected chi connectivity index (χ0v) is 19.5. The van der Waals surface area contributed by atoms with Crippen LogP contribution in [-0.2, 0) is 14.3 Å². The lowest BCUT2D eigenvalue weighted by atomic mass is 9.87. The van der Waals surface area contributed by atoms with Crippen molar-refractivity contribution in [3.63, 3.8) is 0 Å². The highest BCUT2D eigenvalue weighted by Crippen LogP contribution is 2.51. The van der Waals surface area contributed by atoms with Crippen LogP contribution in [0.4, 0.5) is 9.18 Å². The van der Waals surface area contributed by atoms with Crippen molar-refractivity contribution < 1.29 is 28.2 Å². The van der Waals surface area contributed by atoms with Crippen LogP contribution in [0.2, 0.25) is 0 Å². The van der Waals surface area contributed by atoms with Gasteiger partial charge in [0.15, 0.2) is 0 Å². The minimum absolute atomic E-state index is 0.102. The number of esters is 1. The fourth-order valence-corrected chi connectivity index (χ4v) is 5.02. The predicted molar refractivity (Wildman–Crippen MR) is 116 cm³/mol. The molecule has 1 fully saturated rings. The first-order valence-corrected chi connectivity index (χ1v) is 10.9. The number of benzene rings is 1. The Morgan fingerprint density at radius 3 is 2.69 bits per heavy atom. The van der Waals surface area contributed by atoms with E-state index in [4.69, 9.17) is 25.8 Å². The highest BCUT2D eigenvalue weighted by Gasteiger charge is 2.55. The Bertz CT molecular complexity index is 1100. The number of hydrogen-bond acceptors (Lipinski definition) is 6. The van der Waals surface area contributed by atoms with Crippen molar-refractivity contribution >= 4 is 34.6 Å². The van der Waals surface area contributed by atoms with E-state index in [0.29, 0.717) is 34.3 Å². The zero-order valence-electron chi connectivity index (χ0n) is 18.7. The van der Waals surface area contributed by atoms with Gasteiger partial charge in [0, 0.05) is 23.8 Å². The molecule has 1 aromatic heterocycles. The number of nitrogens with zero attached hydrogens (tertiary/aromatic N) is 2. The predicted octanol–water partition coefficient (Wildman–Crippen LogP) is 4.67. The summed E-state index contributed by atoms with van der Waals surface area (Å²) in [6.45, 7) is 7.16. The number of halogens is 2. The van der Waals surface area contributed by atoms with Crippen molar-refractivity contribution in [1.82, 2.24) is 9.88 Å². The number of alkyl halides is 1. The lowest BCUT2D eigenvalue weighted by molar-refractivity contribution is -0.145. The van der Waals surface area contributed by atoms with Gasteiger partial charge in [-0.05, 0) is 45.9 Å². The molecule has 1 saturated heterocycles. The van der Waals surface area contributed by atoms with Gasteiger partial charge in [-0.15, -0.1) is 11.6 Å². The molecular formula is C23H26ClFN2O5. The lowest BCUT2D eigenvalue weighted by Gasteiger charge is -2.38. The summed E-state index contributed by atoms with van der Waals surface area (Å²) in [5.74, 6) is -0.482. The Kier molecular flexibility index (Phi) is 5.48. The van der Waals surface area contributed by atoms with E-state index in [-0.39, 0.29) is 13.0 Å². The number of methoxy groups -OCH3 is 1. The average molecular weight is 465 g/mol. The van der Waals surface area contributed by atoms with E-state index < -0.39 is 40.5 Å². The Hall–Kier alpha value is -2.61. The fraction of sp³-hybridized carbons (Fsp3) is 0.522. The molecule has 0 saturated carbocycles. The van der Waals surface area contributed by atoms with Crippen molar-refractivity contribution in [3.8, 4) is 5.75 Å². The molecule has 32 heavy (non-hydrogen) atoms. The quantitative estimate of drug-likeness (QED) is 0.451. The third-order valence-electron chi connectivity index (χ3n) is 5.79. The van der Waals surface area contributed by atoms with Crippen LogP contribution >= 0.6 is 11.6 Å². The summed E-state index contributed by atoms with van der Waals surface area (Å²) in [4.78, 5) is 31.3. The number of hydrogen-bond donors (Lipinski definition) is 0. The maximum Gasteiger partial charge on any atom is 0.411 e. The molecule has 3 heterocycles. The van der Waals surface area contributed by atoms with Gasteiger partial charge in [-0.2, -0.15) is 0 Å². The van der Waals surface area contributed by atoms with Crippen molar-refractivity contribution in [2.24, 2.45) is 0 Å². The average Bonchev–Trinajstić information content (AvgIpc) is 3.05. The molecule has 1 aromatic carbocycles. The largest absolute Gasteiger partial charge is 0.483 e. The van der Waals surface area contributed by atoms with E-state index in [0.717, 1.165) is 0 Å². The van der Waals surface area contributed by atoms with Crippen molar-refractivity contribution in [2.45, 2.75) is 63.2 Å². The molecule has 172 valence electrons. The van der Waals surface area contributed by atoms with Gasteiger partial charge >= 0.3 is 12.1 Å². The SMILES string of the molecule is COC(=O)[C@@H]1C[C@]2(CC(Cl)c3c(c(C)nc4ccc(F)cc34)O2)CN1C(=O)OC(C)(C)C. The topological polar surface area (TPSA) is 78.0 Å². The van der Waals surface area contributed by atoms with E-state index in [2.05, 4.69) is 4.98 Å². The molecule has 2 aliphatic rings. The molecule has 0 aliphatic carbocycles. The summed E-state index contributed by atoms with van der Waals surface area (Å²) in [6, 6.07) is 3.49. The molecule has 9 heteroatoms. The molecule has 1 unspecified atom stereocenters. The Morgan fingerprint density at radius 1 is 1.31 bits per heavy atom. The van der Waals surface area contributed by atoms with Crippen LogP contribution in [0.15, 0.2) is 18.2 Å². The second kappa shape index (κ2) is 7.76. The second-order valence-corrected chi connectivity index (χ2v) is 9.94. The maximum atomic E-state index is 14.0. The standard InChI is InChI=1S/C23H26ClFN2O5/c1-12-19-18(14-8-13(25)6-7-16(14)26-12)15(24)9-23(31-19)10-17(20(28)30-5)27(11-23)21(29)32-22(2,3)4/h6-8,15,17H,9-11H2,1-5H3/t15?,17-,23+/m0/s1. The van der Waals surface area contributed by atoms with E-state index in [1.165, 1.54) is 24.1 Å². The Morgan fingerprint density at radius 2 is 2.03 bits per heavy atom. The first-order valence-electron chi connectivity index (χ1n) is 10.4. The second-order valence-electron chi connectivity index (χ2n) is 9.41. The van der Waals surface area contributed by atoms with E-state index in [1.54, 1.807) is 33.8 Å². The molecular weight excluding hydrogens is 439 g/mol. The van der Waals surface area contributed by atoms with E-state index in [9.17, 15) is 14.0 Å². The summed E-state index contributed by atoms with van der Waals surface area (Å²) in [6.07, 6.45) is -0.105. The van der Waals surface area contributed by atoms with Gasteiger partial charge in [0.25, 0.3) is 0 Å².